The van der Waals surface area contributed by atoms with Crippen LogP contribution in [-0.2, 0) is 13.0 Å². The van der Waals surface area contributed by atoms with Crippen molar-refractivity contribution in [1.82, 2.24) is 19.8 Å². The largest absolute Gasteiger partial charge is 0.459 e. The van der Waals surface area contributed by atoms with Crippen LogP contribution in [0.3, 0.4) is 0 Å². The third-order valence-electron chi connectivity index (χ3n) is 3.88. The van der Waals surface area contributed by atoms with Gasteiger partial charge in [0.05, 0.1) is 17.3 Å². The Hall–Kier alpha value is -2.60. The van der Waals surface area contributed by atoms with E-state index < -0.39 is 0 Å². The summed E-state index contributed by atoms with van der Waals surface area (Å²) in [6.45, 7) is 2.33. The number of fused-ring (bicyclic) bond motifs is 1. The molecule has 3 rings (SSSR count). The standard InChI is InChI=1S/C18H22N4O2/c1-21(2)11-12-22-15-7-4-3-6-14(15)20-17(22)9-10-19-18(23)16-8-5-13-24-16/h3-8,13H,9-12H2,1-2H3,(H,19,23). The number of hydrogen-bond donors (Lipinski definition) is 1. The van der Waals surface area contributed by atoms with Gasteiger partial charge in [0, 0.05) is 26.1 Å². The van der Waals surface area contributed by atoms with E-state index in [2.05, 4.69) is 34.9 Å². The highest BCUT2D eigenvalue weighted by atomic mass is 16.3. The smallest absolute Gasteiger partial charge is 0.286 e. The van der Waals surface area contributed by atoms with Crippen LogP contribution in [0.15, 0.2) is 47.1 Å². The lowest BCUT2D eigenvalue weighted by Gasteiger charge is -2.13. The van der Waals surface area contributed by atoms with Crippen molar-refractivity contribution in [2.75, 3.05) is 27.2 Å². The van der Waals surface area contributed by atoms with Crippen LogP contribution in [0.4, 0.5) is 0 Å². The van der Waals surface area contributed by atoms with Crippen molar-refractivity contribution < 1.29 is 9.21 Å². The fraction of sp³-hybridized carbons (Fsp3) is 0.333. The highest BCUT2D eigenvalue weighted by Crippen LogP contribution is 2.16. The number of furan rings is 1. The minimum absolute atomic E-state index is 0.198. The summed E-state index contributed by atoms with van der Waals surface area (Å²) < 4.78 is 7.33. The molecule has 0 bridgehead atoms. The maximum Gasteiger partial charge on any atom is 0.286 e. The summed E-state index contributed by atoms with van der Waals surface area (Å²) in [7, 11) is 4.12. The quantitative estimate of drug-likeness (QED) is 0.723. The van der Waals surface area contributed by atoms with Crippen LogP contribution in [0.1, 0.15) is 16.4 Å². The molecular weight excluding hydrogens is 304 g/mol. The number of amides is 1. The first-order chi connectivity index (χ1) is 11.6. The molecule has 24 heavy (non-hydrogen) atoms. The number of para-hydroxylation sites is 2. The summed E-state index contributed by atoms with van der Waals surface area (Å²) in [6, 6.07) is 11.5. The van der Waals surface area contributed by atoms with E-state index in [4.69, 9.17) is 9.40 Å². The molecule has 1 aromatic carbocycles. The van der Waals surface area contributed by atoms with Crippen LogP contribution < -0.4 is 5.32 Å². The van der Waals surface area contributed by atoms with Crippen LogP contribution in [0.2, 0.25) is 0 Å². The Morgan fingerprint density at radius 1 is 1.25 bits per heavy atom. The Morgan fingerprint density at radius 3 is 2.83 bits per heavy atom. The van der Waals surface area contributed by atoms with E-state index in [1.807, 2.05) is 18.2 Å². The SMILES string of the molecule is CN(C)CCn1c(CCNC(=O)c2ccco2)nc2ccccc21. The van der Waals surface area contributed by atoms with Gasteiger partial charge in [-0.2, -0.15) is 0 Å². The molecule has 2 aromatic heterocycles. The number of likely N-dealkylation sites (N-methyl/N-ethyl adjacent to an activating group) is 1. The molecule has 0 fully saturated rings. The number of imidazole rings is 1. The van der Waals surface area contributed by atoms with Gasteiger partial charge in [-0.15, -0.1) is 0 Å². The average Bonchev–Trinajstić information content (AvgIpc) is 3.20. The molecule has 0 spiro atoms. The van der Waals surface area contributed by atoms with Gasteiger partial charge in [0.1, 0.15) is 5.82 Å². The molecule has 6 heteroatoms. The highest BCUT2D eigenvalue weighted by Gasteiger charge is 2.12. The second-order valence-corrected chi connectivity index (χ2v) is 5.95. The maximum absolute atomic E-state index is 11.9. The second kappa shape index (κ2) is 7.31. The summed E-state index contributed by atoms with van der Waals surface area (Å²) in [5, 5.41) is 2.87. The molecule has 2 heterocycles. The van der Waals surface area contributed by atoms with Gasteiger partial charge in [-0.05, 0) is 38.4 Å². The van der Waals surface area contributed by atoms with Crippen LogP contribution >= 0.6 is 0 Å². The average molecular weight is 326 g/mol. The van der Waals surface area contributed by atoms with Gasteiger partial charge in [-0.3, -0.25) is 4.79 Å². The van der Waals surface area contributed by atoms with Crippen LogP contribution in [0, 0.1) is 0 Å². The van der Waals surface area contributed by atoms with Crippen molar-refractivity contribution in [3.63, 3.8) is 0 Å². The fourth-order valence-corrected chi connectivity index (χ4v) is 2.65. The number of hydrogen-bond acceptors (Lipinski definition) is 4. The topological polar surface area (TPSA) is 63.3 Å². The minimum atomic E-state index is -0.198. The minimum Gasteiger partial charge on any atom is -0.459 e. The van der Waals surface area contributed by atoms with Crippen LogP contribution in [-0.4, -0.2) is 47.5 Å². The molecule has 3 aromatic rings. The first-order valence-corrected chi connectivity index (χ1v) is 8.06. The summed E-state index contributed by atoms with van der Waals surface area (Å²) in [5.41, 5.74) is 2.12. The Labute approximate surface area is 141 Å². The first-order valence-electron chi connectivity index (χ1n) is 8.06. The third-order valence-corrected chi connectivity index (χ3v) is 3.88. The molecule has 1 amide bonds. The van der Waals surface area contributed by atoms with E-state index in [-0.39, 0.29) is 5.91 Å². The number of benzene rings is 1. The summed E-state index contributed by atoms with van der Waals surface area (Å²) in [6.07, 6.45) is 2.17. The van der Waals surface area contributed by atoms with Gasteiger partial charge in [-0.1, -0.05) is 12.1 Å². The number of rotatable bonds is 7. The third kappa shape index (κ3) is 3.65. The highest BCUT2D eigenvalue weighted by molar-refractivity contribution is 5.91. The first kappa shape index (κ1) is 16.3. The number of carbonyl (C=O) groups excluding carboxylic acids is 1. The number of carbonyl (C=O) groups is 1. The van der Waals surface area contributed by atoms with Crippen molar-refractivity contribution in [3.05, 3.63) is 54.2 Å². The van der Waals surface area contributed by atoms with Crippen molar-refractivity contribution in [2.45, 2.75) is 13.0 Å². The van der Waals surface area contributed by atoms with E-state index in [9.17, 15) is 4.79 Å². The number of nitrogens with one attached hydrogen (secondary N) is 1. The molecule has 0 aliphatic heterocycles. The lowest BCUT2D eigenvalue weighted by atomic mass is 10.3. The van der Waals surface area contributed by atoms with E-state index >= 15 is 0 Å². The van der Waals surface area contributed by atoms with E-state index in [1.165, 1.54) is 6.26 Å². The van der Waals surface area contributed by atoms with Crippen molar-refractivity contribution >= 4 is 16.9 Å². The lowest BCUT2D eigenvalue weighted by Crippen LogP contribution is -2.26. The van der Waals surface area contributed by atoms with Crippen molar-refractivity contribution in [2.24, 2.45) is 0 Å². The second-order valence-electron chi connectivity index (χ2n) is 5.95. The number of aromatic nitrogens is 2. The van der Waals surface area contributed by atoms with E-state index in [1.54, 1.807) is 12.1 Å². The molecule has 0 saturated heterocycles. The zero-order chi connectivity index (χ0) is 16.9. The molecule has 0 atom stereocenters. The molecule has 0 radical (unpaired) electrons. The van der Waals surface area contributed by atoms with Gasteiger partial charge in [0.2, 0.25) is 0 Å². The Kier molecular flexibility index (Phi) is 4.96. The molecular formula is C18H22N4O2. The summed E-state index contributed by atoms with van der Waals surface area (Å²) in [5.74, 6) is 1.12. The van der Waals surface area contributed by atoms with Gasteiger partial charge in [0.15, 0.2) is 5.76 Å². The zero-order valence-corrected chi connectivity index (χ0v) is 14.0. The molecule has 6 nitrogen and oxygen atoms in total. The van der Waals surface area contributed by atoms with Crippen molar-refractivity contribution in [1.29, 1.82) is 0 Å². The van der Waals surface area contributed by atoms with Gasteiger partial charge >= 0.3 is 0 Å². The number of nitrogens with zero attached hydrogens (tertiary/aromatic N) is 3. The molecule has 126 valence electrons. The Morgan fingerprint density at radius 2 is 2.08 bits per heavy atom. The fourth-order valence-electron chi connectivity index (χ4n) is 2.65. The zero-order valence-electron chi connectivity index (χ0n) is 14.0. The predicted molar refractivity (Wildman–Crippen MR) is 93.0 cm³/mol. The van der Waals surface area contributed by atoms with Crippen LogP contribution in [0.25, 0.3) is 11.0 Å². The molecule has 0 saturated carbocycles. The Bertz CT molecular complexity index is 806. The maximum atomic E-state index is 11.9. The molecule has 0 unspecified atom stereocenters. The van der Waals surface area contributed by atoms with E-state index in [0.717, 1.165) is 29.9 Å². The molecule has 1 N–H and O–H groups in total. The normalized spacial score (nSPS) is 11.3. The predicted octanol–water partition coefficient (Wildman–Crippen LogP) is 2.16. The van der Waals surface area contributed by atoms with E-state index in [0.29, 0.717) is 18.7 Å². The van der Waals surface area contributed by atoms with Gasteiger partial charge in [-0.25, -0.2) is 4.98 Å². The van der Waals surface area contributed by atoms with Crippen LogP contribution in [0.5, 0.6) is 0 Å². The van der Waals surface area contributed by atoms with Crippen molar-refractivity contribution in [3.8, 4) is 0 Å². The molecule has 0 aliphatic carbocycles. The lowest BCUT2D eigenvalue weighted by molar-refractivity contribution is 0.0926. The monoisotopic (exact) mass is 326 g/mol. The van der Waals surface area contributed by atoms with Gasteiger partial charge in [0.25, 0.3) is 5.91 Å². The Balaban J connectivity index is 1.71. The van der Waals surface area contributed by atoms with Gasteiger partial charge < -0.3 is 19.2 Å². The molecule has 0 aliphatic rings. The summed E-state index contributed by atoms with van der Waals surface area (Å²) in [4.78, 5) is 18.8. The summed E-state index contributed by atoms with van der Waals surface area (Å²) >= 11 is 0.